The minimum absolute atomic E-state index is 0.0319. The van der Waals surface area contributed by atoms with E-state index in [1.165, 1.54) is 12.3 Å². The maximum absolute atomic E-state index is 12.0. The number of nitrogens with zero attached hydrogens (tertiary/aromatic N) is 3. The Labute approximate surface area is 92.9 Å². The summed E-state index contributed by atoms with van der Waals surface area (Å²) in [5, 5.41) is 8.60. The van der Waals surface area contributed by atoms with E-state index >= 15 is 0 Å². The van der Waals surface area contributed by atoms with Gasteiger partial charge in [-0.3, -0.25) is 0 Å². The Morgan fingerprint density at radius 3 is 2.88 bits per heavy atom. The van der Waals surface area contributed by atoms with Gasteiger partial charge in [0.1, 0.15) is 17.3 Å². The quantitative estimate of drug-likeness (QED) is 0.870. The third-order valence-electron chi connectivity index (χ3n) is 1.85. The number of nitrogens with one attached hydrogen (secondary N) is 1. The highest BCUT2D eigenvalue weighted by Gasteiger charge is 2.28. The number of halogens is 3. The number of hydrogen-bond donors (Lipinski definition) is 1. The Balaban J connectivity index is 2.34. The maximum Gasteiger partial charge on any atom is 0.422 e. The zero-order chi connectivity index (χ0) is 12.5. The molecule has 5 nitrogen and oxygen atoms in total. The van der Waals surface area contributed by atoms with Crippen LogP contribution in [0.4, 0.5) is 13.2 Å². The molecule has 0 radical (unpaired) electrons. The monoisotopic (exact) mass is 242 g/mol. The summed E-state index contributed by atoms with van der Waals surface area (Å²) in [5.74, 6) is -0.0723. The molecule has 0 atom stereocenters. The summed E-state index contributed by atoms with van der Waals surface area (Å²) >= 11 is 0. The van der Waals surface area contributed by atoms with Gasteiger partial charge in [0.25, 0.3) is 0 Å². The van der Waals surface area contributed by atoms with Gasteiger partial charge in [-0.2, -0.15) is 23.4 Å². The van der Waals surface area contributed by atoms with Crippen molar-refractivity contribution in [2.24, 2.45) is 0 Å². The molecule has 2 heterocycles. The van der Waals surface area contributed by atoms with E-state index in [1.54, 1.807) is 6.07 Å². The molecule has 8 heteroatoms. The van der Waals surface area contributed by atoms with Gasteiger partial charge < -0.3 is 9.72 Å². The number of aromatic amines is 1. The third-order valence-corrected chi connectivity index (χ3v) is 1.85. The molecule has 2 aromatic heterocycles. The molecule has 0 saturated carbocycles. The molecule has 0 spiro atoms. The Kier molecular flexibility index (Phi) is 2.59. The fourth-order valence-corrected chi connectivity index (χ4v) is 1.22. The summed E-state index contributed by atoms with van der Waals surface area (Å²) < 4.78 is 40.6. The number of alkyl halides is 3. The number of fused-ring (bicyclic) bond motifs is 1. The lowest BCUT2D eigenvalue weighted by molar-refractivity contribution is -0.153. The van der Waals surface area contributed by atoms with Crippen LogP contribution >= 0.6 is 0 Å². The fourth-order valence-electron chi connectivity index (χ4n) is 1.22. The number of ether oxygens (including phenoxy) is 1. The van der Waals surface area contributed by atoms with Crippen LogP contribution in [0.5, 0.6) is 5.75 Å². The fraction of sp³-hybridized carbons (Fsp3) is 0.222. The van der Waals surface area contributed by atoms with Gasteiger partial charge in [-0.25, -0.2) is 4.98 Å². The molecule has 0 aliphatic heterocycles. The second kappa shape index (κ2) is 3.93. The van der Waals surface area contributed by atoms with Crippen LogP contribution in [0, 0.1) is 11.3 Å². The number of pyridine rings is 1. The van der Waals surface area contributed by atoms with Crippen LogP contribution in [0.3, 0.4) is 0 Å². The molecule has 2 rings (SSSR count). The SMILES string of the molecule is N#Cc1nc2nccc(OCC(F)(F)F)c2[nH]1. The van der Waals surface area contributed by atoms with Crippen molar-refractivity contribution in [1.82, 2.24) is 15.0 Å². The lowest BCUT2D eigenvalue weighted by Crippen LogP contribution is -2.19. The zero-order valence-electron chi connectivity index (χ0n) is 8.25. The van der Waals surface area contributed by atoms with Gasteiger partial charge in [0.05, 0.1) is 0 Å². The second-order valence-corrected chi connectivity index (χ2v) is 3.11. The van der Waals surface area contributed by atoms with Crippen molar-refractivity contribution >= 4 is 11.2 Å². The van der Waals surface area contributed by atoms with E-state index in [0.717, 1.165) is 0 Å². The van der Waals surface area contributed by atoms with Gasteiger partial charge in [0.15, 0.2) is 12.3 Å². The average molecular weight is 242 g/mol. The summed E-state index contributed by atoms with van der Waals surface area (Å²) in [4.78, 5) is 10.1. The van der Waals surface area contributed by atoms with Crippen LogP contribution in [0.2, 0.25) is 0 Å². The van der Waals surface area contributed by atoms with Gasteiger partial charge in [-0.1, -0.05) is 0 Å². The Bertz CT molecular complexity index is 584. The van der Waals surface area contributed by atoms with Gasteiger partial charge >= 0.3 is 6.18 Å². The highest BCUT2D eigenvalue weighted by Crippen LogP contribution is 2.24. The van der Waals surface area contributed by atoms with Crippen molar-refractivity contribution in [3.05, 3.63) is 18.1 Å². The molecule has 1 N–H and O–H groups in total. The smallest absolute Gasteiger partial charge is 0.422 e. The molecule has 0 saturated heterocycles. The molecule has 0 unspecified atom stereocenters. The second-order valence-electron chi connectivity index (χ2n) is 3.11. The van der Waals surface area contributed by atoms with Crippen molar-refractivity contribution < 1.29 is 17.9 Å². The van der Waals surface area contributed by atoms with E-state index in [9.17, 15) is 13.2 Å². The summed E-state index contributed by atoms with van der Waals surface area (Å²) in [6, 6.07) is 3.00. The van der Waals surface area contributed by atoms with E-state index in [4.69, 9.17) is 5.26 Å². The van der Waals surface area contributed by atoms with Crippen LogP contribution in [0.25, 0.3) is 11.2 Å². The van der Waals surface area contributed by atoms with Crippen molar-refractivity contribution in [3.8, 4) is 11.8 Å². The minimum atomic E-state index is -4.42. The number of hydrogen-bond acceptors (Lipinski definition) is 4. The van der Waals surface area contributed by atoms with Crippen molar-refractivity contribution in [1.29, 1.82) is 5.26 Å². The summed E-state index contributed by atoms with van der Waals surface area (Å²) in [6.45, 7) is -1.41. The molecular formula is C9H5F3N4O. The number of imidazole rings is 1. The molecule has 2 aromatic rings. The van der Waals surface area contributed by atoms with E-state index in [-0.39, 0.29) is 22.7 Å². The summed E-state index contributed by atoms with van der Waals surface area (Å²) in [6.07, 6.45) is -3.16. The van der Waals surface area contributed by atoms with E-state index in [2.05, 4.69) is 19.7 Å². The number of nitriles is 1. The molecule has 0 aromatic carbocycles. The normalized spacial score (nSPS) is 11.4. The number of rotatable bonds is 2. The van der Waals surface area contributed by atoms with Crippen molar-refractivity contribution in [2.75, 3.05) is 6.61 Å². The highest BCUT2D eigenvalue weighted by atomic mass is 19.4. The lowest BCUT2D eigenvalue weighted by Gasteiger charge is -2.08. The van der Waals surface area contributed by atoms with Crippen molar-refractivity contribution in [2.45, 2.75) is 6.18 Å². The third kappa shape index (κ3) is 2.44. The minimum Gasteiger partial charge on any atom is -0.482 e. The van der Waals surface area contributed by atoms with Crippen LogP contribution in [0.1, 0.15) is 5.82 Å². The van der Waals surface area contributed by atoms with Gasteiger partial charge in [0.2, 0.25) is 5.82 Å². The van der Waals surface area contributed by atoms with Gasteiger partial charge in [-0.15, -0.1) is 0 Å². The first kappa shape index (κ1) is 11.2. The molecule has 0 fully saturated rings. The largest absolute Gasteiger partial charge is 0.482 e. The molecule has 0 aliphatic carbocycles. The summed E-state index contributed by atoms with van der Waals surface area (Å²) in [7, 11) is 0. The zero-order valence-corrected chi connectivity index (χ0v) is 8.25. The van der Waals surface area contributed by atoms with E-state index in [1.807, 2.05) is 0 Å². The topological polar surface area (TPSA) is 74.6 Å². The van der Waals surface area contributed by atoms with Crippen LogP contribution < -0.4 is 4.74 Å². The van der Waals surface area contributed by atoms with Crippen LogP contribution in [-0.4, -0.2) is 27.7 Å². The van der Waals surface area contributed by atoms with Crippen molar-refractivity contribution in [3.63, 3.8) is 0 Å². The van der Waals surface area contributed by atoms with Gasteiger partial charge in [0, 0.05) is 12.3 Å². The van der Waals surface area contributed by atoms with Crippen LogP contribution in [0.15, 0.2) is 12.3 Å². The maximum atomic E-state index is 12.0. The van der Waals surface area contributed by atoms with Crippen LogP contribution in [-0.2, 0) is 0 Å². The molecule has 0 aliphatic rings. The van der Waals surface area contributed by atoms with E-state index in [0.29, 0.717) is 0 Å². The summed E-state index contributed by atoms with van der Waals surface area (Å²) in [5.41, 5.74) is 0.314. The molecule has 0 amide bonds. The first-order chi connectivity index (χ1) is 7.99. The molecular weight excluding hydrogens is 237 g/mol. The Hall–Kier alpha value is -2.30. The molecule has 17 heavy (non-hydrogen) atoms. The molecule has 0 bridgehead atoms. The average Bonchev–Trinajstić information content (AvgIpc) is 2.68. The Morgan fingerprint density at radius 1 is 1.47 bits per heavy atom. The standard InChI is InChI=1S/C9H5F3N4O/c10-9(11,12)4-17-5-1-2-14-8-7(5)15-6(3-13)16-8/h1-2H,4H2,(H,14,15,16). The predicted molar refractivity (Wildman–Crippen MR) is 50.2 cm³/mol. The number of aromatic nitrogens is 3. The molecule has 88 valence electrons. The number of H-pyrrole nitrogens is 1. The predicted octanol–water partition coefficient (Wildman–Crippen LogP) is 1.77. The van der Waals surface area contributed by atoms with Gasteiger partial charge in [-0.05, 0) is 0 Å². The Morgan fingerprint density at radius 2 is 2.24 bits per heavy atom. The first-order valence-corrected chi connectivity index (χ1v) is 4.44. The highest BCUT2D eigenvalue weighted by molar-refractivity contribution is 5.78. The van der Waals surface area contributed by atoms with E-state index < -0.39 is 12.8 Å². The first-order valence-electron chi connectivity index (χ1n) is 4.44. The lowest BCUT2D eigenvalue weighted by atomic mass is 10.4.